The van der Waals surface area contributed by atoms with E-state index in [1.165, 1.54) is 11.1 Å². The van der Waals surface area contributed by atoms with Gasteiger partial charge in [0.1, 0.15) is 0 Å². The van der Waals surface area contributed by atoms with Crippen molar-refractivity contribution in [3.63, 3.8) is 0 Å². The van der Waals surface area contributed by atoms with Crippen molar-refractivity contribution in [3.05, 3.63) is 33.9 Å². The number of benzene rings is 1. The summed E-state index contributed by atoms with van der Waals surface area (Å²) < 4.78 is 0. The number of carbonyl (C=O) groups excluding carboxylic acids is 1. The standard InChI is InChI=1S/C17H28N2O/c1-7-19(8-2)10-9-18-17(20)16-14(5)12(3)11-13(4)15(16)6/h11H,7-10H2,1-6H3,(H,18,20). The van der Waals surface area contributed by atoms with Crippen LogP contribution in [0, 0.1) is 27.7 Å². The number of nitrogens with one attached hydrogen (secondary N) is 1. The van der Waals surface area contributed by atoms with Crippen LogP contribution < -0.4 is 5.32 Å². The van der Waals surface area contributed by atoms with Gasteiger partial charge in [-0.1, -0.05) is 19.9 Å². The first-order chi connectivity index (χ1) is 9.42. The van der Waals surface area contributed by atoms with E-state index >= 15 is 0 Å². The number of carbonyl (C=O) groups is 1. The van der Waals surface area contributed by atoms with E-state index in [1.54, 1.807) is 0 Å². The number of likely N-dealkylation sites (N-methyl/N-ethyl adjacent to an activating group) is 1. The van der Waals surface area contributed by atoms with Gasteiger partial charge in [-0.05, 0) is 63.0 Å². The molecular weight excluding hydrogens is 248 g/mol. The van der Waals surface area contributed by atoms with Crippen LogP contribution in [-0.4, -0.2) is 37.0 Å². The molecule has 1 amide bonds. The largest absolute Gasteiger partial charge is 0.351 e. The Hall–Kier alpha value is -1.35. The summed E-state index contributed by atoms with van der Waals surface area (Å²) in [5.41, 5.74) is 5.40. The first-order valence-electron chi connectivity index (χ1n) is 7.50. The molecule has 0 saturated heterocycles. The summed E-state index contributed by atoms with van der Waals surface area (Å²) in [7, 11) is 0. The number of rotatable bonds is 6. The van der Waals surface area contributed by atoms with Crippen LogP contribution in [-0.2, 0) is 0 Å². The van der Waals surface area contributed by atoms with Gasteiger partial charge in [0.05, 0.1) is 0 Å². The van der Waals surface area contributed by atoms with Gasteiger partial charge in [0.2, 0.25) is 0 Å². The van der Waals surface area contributed by atoms with Gasteiger partial charge in [-0.25, -0.2) is 0 Å². The minimum Gasteiger partial charge on any atom is -0.351 e. The van der Waals surface area contributed by atoms with Crippen LogP contribution in [0.4, 0.5) is 0 Å². The zero-order valence-electron chi connectivity index (χ0n) is 13.8. The molecule has 0 heterocycles. The summed E-state index contributed by atoms with van der Waals surface area (Å²) in [6, 6.07) is 2.15. The third-order valence-electron chi connectivity index (χ3n) is 4.20. The van der Waals surface area contributed by atoms with Gasteiger partial charge >= 0.3 is 0 Å². The quantitative estimate of drug-likeness (QED) is 0.866. The fourth-order valence-corrected chi connectivity index (χ4v) is 2.51. The average molecular weight is 276 g/mol. The summed E-state index contributed by atoms with van der Waals surface area (Å²) in [6.45, 7) is 16.1. The van der Waals surface area contributed by atoms with Crippen molar-refractivity contribution in [1.82, 2.24) is 10.2 Å². The monoisotopic (exact) mass is 276 g/mol. The first kappa shape index (κ1) is 16.7. The van der Waals surface area contributed by atoms with Crippen molar-refractivity contribution in [2.45, 2.75) is 41.5 Å². The van der Waals surface area contributed by atoms with E-state index in [0.29, 0.717) is 6.54 Å². The molecule has 0 aliphatic heterocycles. The molecule has 0 aliphatic carbocycles. The number of hydrogen-bond donors (Lipinski definition) is 1. The third-order valence-corrected chi connectivity index (χ3v) is 4.20. The fraction of sp³-hybridized carbons (Fsp3) is 0.588. The zero-order chi connectivity index (χ0) is 15.3. The van der Waals surface area contributed by atoms with Crippen LogP contribution in [0.1, 0.15) is 46.5 Å². The number of amides is 1. The van der Waals surface area contributed by atoms with E-state index in [-0.39, 0.29) is 5.91 Å². The van der Waals surface area contributed by atoms with Crippen molar-refractivity contribution in [2.24, 2.45) is 0 Å². The topological polar surface area (TPSA) is 32.3 Å². The SMILES string of the molecule is CCN(CC)CCNC(=O)c1c(C)c(C)cc(C)c1C. The molecule has 20 heavy (non-hydrogen) atoms. The Morgan fingerprint density at radius 3 is 2.00 bits per heavy atom. The van der Waals surface area contributed by atoms with Crippen LogP contribution in [0.2, 0.25) is 0 Å². The molecule has 1 N–H and O–H groups in total. The Balaban J connectivity index is 2.78. The lowest BCUT2D eigenvalue weighted by Gasteiger charge is -2.19. The molecule has 0 bridgehead atoms. The number of nitrogens with zero attached hydrogens (tertiary/aromatic N) is 1. The van der Waals surface area contributed by atoms with Crippen molar-refractivity contribution >= 4 is 5.91 Å². The molecule has 112 valence electrons. The van der Waals surface area contributed by atoms with Gasteiger partial charge < -0.3 is 10.2 Å². The predicted octanol–water partition coefficient (Wildman–Crippen LogP) is 2.99. The fourth-order valence-electron chi connectivity index (χ4n) is 2.51. The van der Waals surface area contributed by atoms with E-state index in [1.807, 2.05) is 13.8 Å². The van der Waals surface area contributed by atoms with E-state index < -0.39 is 0 Å². The maximum Gasteiger partial charge on any atom is 0.251 e. The molecule has 0 saturated carbocycles. The normalized spacial score (nSPS) is 10.9. The Morgan fingerprint density at radius 1 is 1.05 bits per heavy atom. The van der Waals surface area contributed by atoms with Crippen LogP contribution in [0.25, 0.3) is 0 Å². The molecule has 0 aliphatic rings. The number of hydrogen-bond acceptors (Lipinski definition) is 2. The molecular formula is C17H28N2O. The Bertz CT molecular complexity index is 450. The molecule has 1 aromatic carbocycles. The van der Waals surface area contributed by atoms with Crippen molar-refractivity contribution in [2.75, 3.05) is 26.2 Å². The zero-order valence-corrected chi connectivity index (χ0v) is 13.8. The summed E-state index contributed by atoms with van der Waals surface area (Å²) in [6.07, 6.45) is 0. The van der Waals surface area contributed by atoms with Gasteiger partial charge in [0.15, 0.2) is 0 Å². The maximum atomic E-state index is 12.4. The highest BCUT2D eigenvalue weighted by atomic mass is 16.1. The Labute approximate surface area is 123 Å². The van der Waals surface area contributed by atoms with Gasteiger partial charge in [0.25, 0.3) is 5.91 Å². The highest BCUT2D eigenvalue weighted by Gasteiger charge is 2.15. The van der Waals surface area contributed by atoms with Gasteiger partial charge in [-0.15, -0.1) is 0 Å². The summed E-state index contributed by atoms with van der Waals surface area (Å²) in [4.78, 5) is 14.7. The van der Waals surface area contributed by atoms with E-state index in [4.69, 9.17) is 0 Å². The van der Waals surface area contributed by atoms with Crippen molar-refractivity contribution in [3.8, 4) is 0 Å². The third kappa shape index (κ3) is 3.83. The second-order valence-electron chi connectivity index (χ2n) is 5.42. The second kappa shape index (κ2) is 7.44. The highest BCUT2D eigenvalue weighted by molar-refractivity contribution is 5.97. The molecule has 3 heteroatoms. The molecule has 0 aromatic heterocycles. The van der Waals surface area contributed by atoms with Gasteiger partial charge in [0, 0.05) is 18.7 Å². The molecule has 0 unspecified atom stereocenters. The molecule has 0 fully saturated rings. The lowest BCUT2D eigenvalue weighted by Crippen LogP contribution is -2.35. The lowest BCUT2D eigenvalue weighted by molar-refractivity contribution is 0.0947. The molecule has 3 nitrogen and oxygen atoms in total. The minimum atomic E-state index is 0.0546. The van der Waals surface area contributed by atoms with E-state index in [0.717, 1.165) is 36.3 Å². The number of aryl methyl sites for hydroxylation is 2. The van der Waals surface area contributed by atoms with E-state index in [2.05, 4.69) is 44.0 Å². The average Bonchev–Trinajstić information content (AvgIpc) is 2.42. The summed E-state index contributed by atoms with van der Waals surface area (Å²) in [5.74, 6) is 0.0546. The first-order valence-corrected chi connectivity index (χ1v) is 7.50. The second-order valence-corrected chi connectivity index (χ2v) is 5.42. The van der Waals surface area contributed by atoms with Crippen molar-refractivity contribution < 1.29 is 4.79 Å². The lowest BCUT2D eigenvalue weighted by atomic mass is 9.94. The summed E-state index contributed by atoms with van der Waals surface area (Å²) >= 11 is 0. The molecule has 0 radical (unpaired) electrons. The molecule has 1 aromatic rings. The van der Waals surface area contributed by atoms with Crippen LogP contribution in [0.5, 0.6) is 0 Å². The minimum absolute atomic E-state index is 0.0546. The van der Waals surface area contributed by atoms with Crippen LogP contribution in [0.15, 0.2) is 6.07 Å². The smallest absolute Gasteiger partial charge is 0.251 e. The van der Waals surface area contributed by atoms with Crippen molar-refractivity contribution in [1.29, 1.82) is 0 Å². The van der Waals surface area contributed by atoms with Crippen LogP contribution >= 0.6 is 0 Å². The predicted molar refractivity (Wildman–Crippen MR) is 85.5 cm³/mol. The van der Waals surface area contributed by atoms with Gasteiger partial charge in [-0.3, -0.25) is 4.79 Å². The van der Waals surface area contributed by atoms with Gasteiger partial charge in [-0.2, -0.15) is 0 Å². The van der Waals surface area contributed by atoms with E-state index in [9.17, 15) is 4.79 Å². The van der Waals surface area contributed by atoms with Crippen LogP contribution in [0.3, 0.4) is 0 Å². The molecule has 0 spiro atoms. The Morgan fingerprint density at radius 2 is 1.55 bits per heavy atom. The Kier molecular flexibility index (Phi) is 6.21. The molecule has 0 atom stereocenters. The maximum absolute atomic E-state index is 12.4. The summed E-state index contributed by atoms with van der Waals surface area (Å²) in [5, 5.41) is 3.05. The molecule has 1 rings (SSSR count). The highest BCUT2D eigenvalue weighted by Crippen LogP contribution is 2.21.